The van der Waals surface area contributed by atoms with Crippen molar-refractivity contribution in [2.45, 2.75) is 26.2 Å². The van der Waals surface area contributed by atoms with Crippen LogP contribution in [0.15, 0.2) is 24.3 Å². The van der Waals surface area contributed by atoms with Gasteiger partial charge in [-0.05, 0) is 37.3 Å². The molecule has 1 aliphatic heterocycles. The molecule has 0 spiro atoms. The Kier molecular flexibility index (Phi) is 3.91. The number of hydrogen-bond donors (Lipinski definition) is 1. The number of hydrogen-bond acceptors (Lipinski definition) is 3. The maximum atomic E-state index is 12.4. The number of carbonyl (C=O) groups is 3. The van der Waals surface area contributed by atoms with E-state index in [2.05, 4.69) is 12.3 Å². The topological polar surface area (TPSA) is 66.5 Å². The van der Waals surface area contributed by atoms with E-state index in [0.29, 0.717) is 18.8 Å². The van der Waals surface area contributed by atoms with Crippen molar-refractivity contribution in [3.8, 4) is 0 Å². The number of nitrogens with zero attached hydrogens (tertiary/aromatic N) is 1. The van der Waals surface area contributed by atoms with E-state index >= 15 is 0 Å². The van der Waals surface area contributed by atoms with Crippen LogP contribution < -0.4 is 5.43 Å². The van der Waals surface area contributed by atoms with Gasteiger partial charge in [-0.15, -0.1) is 0 Å². The van der Waals surface area contributed by atoms with E-state index in [9.17, 15) is 14.4 Å². The van der Waals surface area contributed by atoms with Crippen LogP contribution >= 0.6 is 11.6 Å². The van der Waals surface area contributed by atoms with Gasteiger partial charge in [0.2, 0.25) is 0 Å². The third-order valence-corrected chi connectivity index (χ3v) is 4.85. The van der Waals surface area contributed by atoms with Crippen LogP contribution in [0.1, 0.15) is 36.5 Å². The summed E-state index contributed by atoms with van der Waals surface area (Å²) in [6.45, 7) is 2.08. The lowest BCUT2D eigenvalue weighted by Gasteiger charge is -2.25. The summed E-state index contributed by atoms with van der Waals surface area (Å²) in [7, 11) is 0. The second-order valence-electron chi connectivity index (χ2n) is 6.06. The van der Waals surface area contributed by atoms with E-state index < -0.39 is 5.91 Å². The predicted octanol–water partition coefficient (Wildman–Crippen LogP) is 2.41. The highest BCUT2D eigenvalue weighted by Gasteiger charge is 2.50. The highest BCUT2D eigenvalue weighted by Crippen LogP contribution is 2.39. The first-order chi connectivity index (χ1) is 10.5. The normalized spacial score (nSPS) is 27.7. The van der Waals surface area contributed by atoms with Gasteiger partial charge in [0.05, 0.1) is 22.4 Å². The molecule has 3 amide bonds. The maximum Gasteiger partial charge on any atom is 0.271 e. The fourth-order valence-corrected chi connectivity index (χ4v) is 3.53. The number of rotatable bonds is 2. The minimum absolute atomic E-state index is 0.244. The molecule has 1 saturated heterocycles. The summed E-state index contributed by atoms with van der Waals surface area (Å²) >= 11 is 5.97. The van der Waals surface area contributed by atoms with E-state index in [1.807, 2.05) is 0 Å². The summed E-state index contributed by atoms with van der Waals surface area (Å²) in [5, 5.41) is 1.17. The Morgan fingerprint density at radius 1 is 1.18 bits per heavy atom. The number of carbonyl (C=O) groups excluding carboxylic acids is 3. The number of benzene rings is 1. The van der Waals surface area contributed by atoms with Gasteiger partial charge in [-0.25, -0.2) is 0 Å². The SMILES string of the molecule is C[C@@H]1CC[C@H]2C(=O)N(NC(=O)c3ccccc3Cl)C(=O)[C@@H]2C1. The van der Waals surface area contributed by atoms with Crippen molar-refractivity contribution >= 4 is 29.3 Å². The first-order valence-corrected chi connectivity index (χ1v) is 7.80. The first-order valence-electron chi connectivity index (χ1n) is 7.42. The second-order valence-corrected chi connectivity index (χ2v) is 6.47. The largest absolute Gasteiger partial charge is 0.272 e. The van der Waals surface area contributed by atoms with Gasteiger partial charge in [-0.1, -0.05) is 30.7 Å². The van der Waals surface area contributed by atoms with Crippen molar-refractivity contribution in [3.05, 3.63) is 34.9 Å². The van der Waals surface area contributed by atoms with Gasteiger partial charge in [-0.3, -0.25) is 19.8 Å². The fraction of sp³-hybridized carbons (Fsp3) is 0.438. The van der Waals surface area contributed by atoms with E-state index in [0.717, 1.165) is 11.4 Å². The summed E-state index contributed by atoms with van der Waals surface area (Å²) in [5.74, 6) is -1.32. The highest BCUT2D eigenvalue weighted by molar-refractivity contribution is 6.33. The molecule has 0 bridgehead atoms. The minimum atomic E-state index is -0.543. The lowest BCUT2D eigenvalue weighted by atomic mass is 9.76. The van der Waals surface area contributed by atoms with Crippen LogP contribution in [0, 0.1) is 17.8 Å². The minimum Gasteiger partial charge on any atom is -0.272 e. The lowest BCUT2D eigenvalue weighted by Crippen LogP contribution is -2.46. The average Bonchev–Trinajstić information content (AvgIpc) is 2.72. The first kappa shape index (κ1) is 15.0. The molecule has 1 aromatic carbocycles. The number of nitrogens with one attached hydrogen (secondary N) is 1. The van der Waals surface area contributed by atoms with Crippen molar-refractivity contribution in [1.82, 2.24) is 10.4 Å². The van der Waals surface area contributed by atoms with Crippen LogP contribution in [-0.4, -0.2) is 22.7 Å². The number of fused-ring (bicyclic) bond motifs is 1. The van der Waals surface area contributed by atoms with Crippen molar-refractivity contribution in [2.24, 2.45) is 17.8 Å². The van der Waals surface area contributed by atoms with E-state index in [1.165, 1.54) is 0 Å². The van der Waals surface area contributed by atoms with Gasteiger partial charge < -0.3 is 0 Å². The molecule has 2 aliphatic rings. The smallest absolute Gasteiger partial charge is 0.271 e. The van der Waals surface area contributed by atoms with E-state index in [-0.39, 0.29) is 34.2 Å². The van der Waals surface area contributed by atoms with Crippen LogP contribution in [-0.2, 0) is 9.59 Å². The fourth-order valence-electron chi connectivity index (χ4n) is 3.31. The second kappa shape index (κ2) is 5.72. The molecule has 3 atom stereocenters. The monoisotopic (exact) mass is 320 g/mol. The predicted molar refractivity (Wildman–Crippen MR) is 80.8 cm³/mol. The van der Waals surface area contributed by atoms with Crippen LogP contribution in [0.4, 0.5) is 0 Å². The van der Waals surface area contributed by atoms with Gasteiger partial charge >= 0.3 is 0 Å². The number of amides is 3. The van der Waals surface area contributed by atoms with Crippen LogP contribution in [0.25, 0.3) is 0 Å². The quantitative estimate of drug-likeness (QED) is 0.851. The van der Waals surface area contributed by atoms with E-state index in [1.54, 1.807) is 24.3 Å². The Morgan fingerprint density at radius 2 is 1.86 bits per heavy atom. The van der Waals surface area contributed by atoms with Crippen LogP contribution in [0.5, 0.6) is 0 Å². The molecule has 0 radical (unpaired) electrons. The highest BCUT2D eigenvalue weighted by atomic mass is 35.5. The molecule has 0 unspecified atom stereocenters. The Hall–Kier alpha value is -1.88. The van der Waals surface area contributed by atoms with Crippen molar-refractivity contribution < 1.29 is 14.4 Å². The molecular formula is C16H17ClN2O3. The molecule has 1 aromatic rings. The summed E-state index contributed by atoms with van der Waals surface area (Å²) in [5.41, 5.74) is 2.66. The van der Waals surface area contributed by atoms with Gasteiger partial charge in [0, 0.05) is 0 Å². The molecule has 1 saturated carbocycles. The van der Waals surface area contributed by atoms with Gasteiger partial charge in [0.25, 0.3) is 17.7 Å². The zero-order valence-electron chi connectivity index (χ0n) is 12.2. The zero-order chi connectivity index (χ0) is 15.9. The van der Waals surface area contributed by atoms with Gasteiger partial charge in [-0.2, -0.15) is 5.01 Å². The third-order valence-electron chi connectivity index (χ3n) is 4.52. The molecule has 1 N–H and O–H groups in total. The molecule has 22 heavy (non-hydrogen) atoms. The van der Waals surface area contributed by atoms with Crippen LogP contribution in [0.3, 0.4) is 0 Å². The molecule has 3 rings (SSSR count). The lowest BCUT2D eigenvalue weighted by molar-refractivity contribution is -0.142. The zero-order valence-corrected chi connectivity index (χ0v) is 13.0. The van der Waals surface area contributed by atoms with E-state index in [4.69, 9.17) is 11.6 Å². The Bertz CT molecular complexity index is 646. The molecule has 1 aliphatic carbocycles. The maximum absolute atomic E-state index is 12.4. The molecule has 2 fully saturated rings. The van der Waals surface area contributed by atoms with Gasteiger partial charge in [0.15, 0.2) is 0 Å². The van der Waals surface area contributed by atoms with Crippen LogP contribution in [0.2, 0.25) is 5.02 Å². The van der Waals surface area contributed by atoms with Crippen molar-refractivity contribution in [2.75, 3.05) is 0 Å². The summed E-state index contributed by atoms with van der Waals surface area (Å²) in [4.78, 5) is 37.0. The Morgan fingerprint density at radius 3 is 2.59 bits per heavy atom. The number of hydrazine groups is 1. The summed E-state index contributed by atoms with van der Waals surface area (Å²) in [6.07, 6.45) is 2.34. The number of halogens is 1. The van der Waals surface area contributed by atoms with Gasteiger partial charge in [0.1, 0.15) is 0 Å². The number of imide groups is 1. The summed E-state index contributed by atoms with van der Waals surface area (Å²) in [6, 6.07) is 6.53. The molecule has 5 nitrogen and oxygen atoms in total. The summed E-state index contributed by atoms with van der Waals surface area (Å²) < 4.78 is 0. The molecular weight excluding hydrogens is 304 g/mol. The Balaban J connectivity index is 1.78. The molecule has 1 heterocycles. The standard InChI is InChI=1S/C16H17ClN2O3/c1-9-6-7-10-12(8-9)16(22)19(15(10)21)18-14(20)11-4-2-3-5-13(11)17/h2-5,9-10,12H,6-8H2,1H3,(H,18,20)/t9-,10-,12-/m1/s1. The average molecular weight is 321 g/mol. The molecule has 0 aromatic heterocycles. The molecule has 6 heteroatoms. The van der Waals surface area contributed by atoms with Crippen molar-refractivity contribution in [3.63, 3.8) is 0 Å². The Labute approximate surface area is 133 Å². The molecule has 116 valence electrons. The third kappa shape index (κ3) is 2.50. The van der Waals surface area contributed by atoms with Crippen molar-refractivity contribution in [1.29, 1.82) is 0 Å².